The van der Waals surface area contributed by atoms with Crippen LogP contribution in [0.5, 0.6) is 0 Å². The smallest absolute Gasteiger partial charge is 0.313 e. The van der Waals surface area contributed by atoms with E-state index in [4.69, 9.17) is 5.73 Å². The van der Waals surface area contributed by atoms with E-state index in [0.717, 1.165) is 24.8 Å². The van der Waals surface area contributed by atoms with Crippen LogP contribution in [0.25, 0.3) is 0 Å². The summed E-state index contributed by atoms with van der Waals surface area (Å²) < 4.78 is 0. The van der Waals surface area contributed by atoms with E-state index in [9.17, 15) is 14.4 Å². The van der Waals surface area contributed by atoms with E-state index >= 15 is 0 Å². The molecule has 2 unspecified atom stereocenters. The van der Waals surface area contributed by atoms with E-state index in [2.05, 4.69) is 17.2 Å². The van der Waals surface area contributed by atoms with Crippen molar-refractivity contribution in [3.63, 3.8) is 0 Å². The van der Waals surface area contributed by atoms with Crippen molar-refractivity contribution in [1.29, 1.82) is 0 Å². The summed E-state index contributed by atoms with van der Waals surface area (Å²) in [4.78, 5) is 42.4. The first-order valence-electron chi connectivity index (χ1n) is 9.41. The fraction of sp³-hybridized carbons (Fsp3) is 0.333. The number of carbonyl (C=O) groups excluding carboxylic acids is 3. The summed E-state index contributed by atoms with van der Waals surface area (Å²) in [5.74, 6) is -1.62. The summed E-state index contributed by atoms with van der Waals surface area (Å²) in [6.07, 6.45) is 5.48. The lowest BCUT2D eigenvalue weighted by Gasteiger charge is -2.39. The van der Waals surface area contributed by atoms with Gasteiger partial charge in [0.2, 0.25) is 5.91 Å². The molecule has 2 heterocycles. The predicted octanol–water partition coefficient (Wildman–Crippen LogP) is 2.51. The average Bonchev–Trinajstić information content (AvgIpc) is 2.73. The monoisotopic (exact) mass is 380 g/mol. The second-order valence-electron chi connectivity index (χ2n) is 7.02. The lowest BCUT2D eigenvalue weighted by Crippen LogP contribution is -2.46. The largest absolute Gasteiger partial charge is 0.366 e. The van der Waals surface area contributed by atoms with E-state index in [-0.39, 0.29) is 17.3 Å². The van der Waals surface area contributed by atoms with Crippen LogP contribution < -0.4 is 11.1 Å². The number of hydrogen-bond acceptors (Lipinski definition) is 4. The maximum atomic E-state index is 13.0. The van der Waals surface area contributed by atoms with Gasteiger partial charge >= 0.3 is 11.8 Å². The van der Waals surface area contributed by atoms with Crippen LogP contribution in [0, 0.1) is 5.92 Å². The van der Waals surface area contributed by atoms with E-state index in [1.165, 1.54) is 18.5 Å². The van der Waals surface area contributed by atoms with Gasteiger partial charge in [-0.1, -0.05) is 43.7 Å². The van der Waals surface area contributed by atoms with Gasteiger partial charge in [0, 0.05) is 12.7 Å². The van der Waals surface area contributed by atoms with Gasteiger partial charge in [-0.3, -0.25) is 19.4 Å². The molecule has 1 aliphatic rings. The number of nitrogens with two attached hydrogens (primary N) is 1. The molecule has 0 radical (unpaired) electrons. The standard InChI is InChI=1S/C21H24N4O3/c1-2-14-8-9-18(15-6-4-3-5-7-15)25(13-14)21(28)20(27)24-17-10-16(19(22)26)11-23-12-17/h3-7,10-12,14,18H,2,8-9,13H2,1H3,(H2,22,26)(H,24,27). The second-order valence-corrected chi connectivity index (χ2v) is 7.02. The van der Waals surface area contributed by atoms with Crippen LogP contribution >= 0.6 is 0 Å². The van der Waals surface area contributed by atoms with Crippen molar-refractivity contribution in [2.24, 2.45) is 11.7 Å². The molecule has 0 spiro atoms. The van der Waals surface area contributed by atoms with Gasteiger partial charge in [-0.25, -0.2) is 0 Å². The summed E-state index contributed by atoms with van der Waals surface area (Å²) >= 11 is 0. The number of piperidine rings is 1. The number of rotatable bonds is 4. The third-order valence-corrected chi connectivity index (χ3v) is 5.18. The molecule has 7 nitrogen and oxygen atoms in total. The number of aromatic nitrogens is 1. The molecule has 1 aromatic heterocycles. The van der Waals surface area contributed by atoms with Crippen LogP contribution in [0.4, 0.5) is 5.69 Å². The Morgan fingerprint density at radius 2 is 1.93 bits per heavy atom. The van der Waals surface area contributed by atoms with Crippen LogP contribution in [0.2, 0.25) is 0 Å². The van der Waals surface area contributed by atoms with E-state index in [0.29, 0.717) is 12.5 Å². The quantitative estimate of drug-likeness (QED) is 0.795. The van der Waals surface area contributed by atoms with Gasteiger partial charge in [0.25, 0.3) is 0 Å². The van der Waals surface area contributed by atoms with E-state index in [1.807, 2.05) is 30.3 Å². The molecule has 0 saturated carbocycles. The molecule has 3 amide bonds. The number of likely N-dealkylation sites (tertiary alicyclic amines) is 1. The van der Waals surface area contributed by atoms with E-state index < -0.39 is 17.7 Å². The van der Waals surface area contributed by atoms with E-state index in [1.54, 1.807) is 4.90 Å². The molecule has 1 aromatic carbocycles. The maximum absolute atomic E-state index is 13.0. The van der Waals surface area contributed by atoms with Crippen molar-refractivity contribution < 1.29 is 14.4 Å². The fourth-order valence-corrected chi connectivity index (χ4v) is 3.58. The molecule has 1 aliphatic heterocycles. The van der Waals surface area contributed by atoms with Crippen LogP contribution in [-0.4, -0.2) is 34.2 Å². The molecule has 3 rings (SSSR count). The number of nitrogens with one attached hydrogen (secondary N) is 1. The molecule has 7 heteroatoms. The Hall–Kier alpha value is -3.22. The first-order valence-corrected chi connectivity index (χ1v) is 9.41. The van der Waals surface area contributed by atoms with Gasteiger partial charge in [0.1, 0.15) is 0 Å². The first kappa shape index (κ1) is 19.5. The van der Waals surface area contributed by atoms with Crippen LogP contribution in [0.15, 0.2) is 48.8 Å². The summed E-state index contributed by atoms with van der Waals surface area (Å²) in [7, 11) is 0. The van der Waals surface area contributed by atoms with Crippen molar-refractivity contribution >= 4 is 23.4 Å². The normalized spacial score (nSPS) is 19.1. The number of hydrogen-bond donors (Lipinski definition) is 2. The second kappa shape index (κ2) is 8.65. The lowest BCUT2D eigenvalue weighted by molar-refractivity contribution is -0.146. The minimum absolute atomic E-state index is 0.127. The highest BCUT2D eigenvalue weighted by atomic mass is 16.2. The Kier molecular flexibility index (Phi) is 6.03. The fourth-order valence-electron chi connectivity index (χ4n) is 3.58. The predicted molar refractivity (Wildman–Crippen MR) is 105 cm³/mol. The van der Waals surface area contributed by atoms with Crippen LogP contribution in [0.3, 0.4) is 0 Å². The lowest BCUT2D eigenvalue weighted by atomic mass is 9.87. The minimum Gasteiger partial charge on any atom is -0.366 e. The highest BCUT2D eigenvalue weighted by Gasteiger charge is 2.34. The first-order chi connectivity index (χ1) is 13.5. The molecular formula is C21H24N4O3. The maximum Gasteiger partial charge on any atom is 0.313 e. The molecule has 0 bridgehead atoms. The number of anilines is 1. The molecule has 1 fully saturated rings. The van der Waals surface area contributed by atoms with Gasteiger partial charge < -0.3 is 16.0 Å². The van der Waals surface area contributed by atoms with Gasteiger partial charge in [0.05, 0.1) is 23.5 Å². The Morgan fingerprint density at radius 3 is 2.61 bits per heavy atom. The number of carbonyl (C=O) groups is 3. The van der Waals surface area contributed by atoms with Gasteiger partial charge in [-0.2, -0.15) is 0 Å². The van der Waals surface area contributed by atoms with Crippen molar-refractivity contribution in [2.45, 2.75) is 32.2 Å². The molecule has 2 aromatic rings. The highest BCUT2D eigenvalue weighted by molar-refractivity contribution is 6.39. The molecule has 3 N–H and O–H groups in total. The average molecular weight is 380 g/mol. The van der Waals surface area contributed by atoms with Crippen LogP contribution in [0.1, 0.15) is 48.1 Å². The molecule has 0 aliphatic carbocycles. The number of benzene rings is 1. The molecule has 2 atom stereocenters. The summed E-state index contributed by atoms with van der Waals surface area (Å²) in [6, 6.07) is 11.0. The Bertz CT molecular complexity index is 869. The zero-order valence-electron chi connectivity index (χ0n) is 15.8. The minimum atomic E-state index is -0.749. The van der Waals surface area contributed by atoms with Crippen molar-refractivity contribution in [1.82, 2.24) is 9.88 Å². The van der Waals surface area contributed by atoms with Crippen LogP contribution in [-0.2, 0) is 9.59 Å². The highest BCUT2D eigenvalue weighted by Crippen LogP contribution is 2.34. The third-order valence-electron chi connectivity index (χ3n) is 5.18. The third kappa shape index (κ3) is 4.36. The van der Waals surface area contributed by atoms with Gasteiger partial charge in [-0.15, -0.1) is 0 Å². The molecule has 146 valence electrons. The Balaban J connectivity index is 1.79. The van der Waals surface area contributed by atoms with Gasteiger partial charge in [0.15, 0.2) is 0 Å². The van der Waals surface area contributed by atoms with Crippen molar-refractivity contribution in [3.05, 3.63) is 59.9 Å². The number of amides is 3. The summed E-state index contributed by atoms with van der Waals surface area (Å²) in [5, 5.41) is 2.54. The molecule has 1 saturated heterocycles. The van der Waals surface area contributed by atoms with Crippen molar-refractivity contribution in [3.8, 4) is 0 Å². The summed E-state index contributed by atoms with van der Waals surface area (Å²) in [6.45, 7) is 2.64. The zero-order chi connectivity index (χ0) is 20.1. The SMILES string of the molecule is CCC1CCC(c2ccccc2)N(C(=O)C(=O)Nc2cncc(C(N)=O)c2)C1. The Labute approximate surface area is 163 Å². The number of primary amides is 1. The topological polar surface area (TPSA) is 105 Å². The van der Waals surface area contributed by atoms with Crippen molar-refractivity contribution in [2.75, 3.05) is 11.9 Å². The number of pyridine rings is 1. The molecule has 28 heavy (non-hydrogen) atoms. The Morgan fingerprint density at radius 1 is 1.18 bits per heavy atom. The van der Waals surface area contributed by atoms with Gasteiger partial charge in [-0.05, 0) is 30.4 Å². The number of nitrogens with zero attached hydrogens (tertiary/aromatic N) is 2. The summed E-state index contributed by atoms with van der Waals surface area (Å²) in [5.41, 5.74) is 6.68. The molecular weight excluding hydrogens is 356 g/mol. The zero-order valence-corrected chi connectivity index (χ0v) is 15.8.